The highest BCUT2D eigenvalue weighted by Gasteiger charge is 2.13. The van der Waals surface area contributed by atoms with E-state index in [1.54, 1.807) is 18.2 Å². The summed E-state index contributed by atoms with van der Waals surface area (Å²) in [6.45, 7) is 0.605. The van der Waals surface area contributed by atoms with Gasteiger partial charge in [-0.05, 0) is 29.8 Å². The first kappa shape index (κ1) is 17.5. The second-order valence-corrected chi connectivity index (χ2v) is 5.50. The molecule has 2 amide bonds. The van der Waals surface area contributed by atoms with E-state index in [1.807, 2.05) is 0 Å². The van der Waals surface area contributed by atoms with E-state index in [-0.39, 0.29) is 18.8 Å². The fourth-order valence-corrected chi connectivity index (χ4v) is 2.31. The SMILES string of the molecule is O=C(COc1cccc(F)c1)NNC(=O)Cc1ccc2c(c1)OCCO2. The summed E-state index contributed by atoms with van der Waals surface area (Å²) >= 11 is 0. The Bertz CT molecular complexity index is 812. The minimum absolute atomic E-state index is 0.0572. The standard InChI is InChI=1S/C18H17FN2O5/c19-13-2-1-3-14(10-13)26-11-18(23)21-20-17(22)9-12-4-5-15-16(8-12)25-7-6-24-15/h1-5,8,10H,6-7,9,11H2,(H,20,22)(H,21,23). The number of hydrogen-bond acceptors (Lipinski definition) is 5. The number of nitrogens with one attached hydrogen (secondary N) is 2. The predicted octanol–water partition coefficient (Wildman–Crippen LogP) is 1.37. The van der Waals surface area contributed by atoms with Crippen LogP contribution in [-0.2, 0) is 16.0 Å². The highest BCUT2D eigenvalue weighted by Crippen LogP contribution is 2.30. The molecule has 0 atom stereocenters. The molecule has 0 saturated carbocycles. The lowest BCUT2D eigenvalue weighted by molar-refractivity contribution is -0.129. The van der Waals surface area contributed by atoms with Gasteiger partial charge in [-0.2, -0.15) is 0 Å². The quantitative estimate of drug-likeness (QED) is 0.787. The summed E-state index contributed by atoms with van der Waals surface area (Å²) in [6, 6.07) is 10.6. The summed E-state index contributed by atoms with van der Waals surface area (Å²) in [6.07, 6.45) is 0.0572. The number of amides is 2. The van der Waals surface area contributed by atoms with Crippen LogP contribution in [0.4, 0.5) is 4.39 Å². The molecule has 26 heavy (non-hydrogen) atoms. The van der Waals surface area contributed by atoms with Crippen molar-refractivity contribution in [2.75, 3.05) is 19.8 Å². The molecule has 1 heterocycles. The first-order valence-corrected chi connectivity index (χ1v) is 7.95. The Balaban J connectivity index is 1.43. The fraction of sp³-hybridized carbons (Fsp3) is 0.222. The summed E-state index contributed by atoms with van der Waals surface area (Å²) in [5.41, 5.74) is 5.25. The largest absolute Gasteiger partial charge is 0.486 e. The number of ether oxygens (including phenoxy) is 3. The number of hydrogen-bond donors (Lipinski definition) is 2. The summed E-state index contributed by atoms with van der Waals surface area (Å²) in [5.74, 6) is 0.0289. The van der Waals surface area contributed by atoms with E-state index in [1.165, 1.54) is 18.2 Å². The molecule has 1 aliphatic rings. The maximum absolute atomic E-state index is 13.0. The average Bonchev–Trinajstić information content (AvgIpc) is 2.65. The lowest BCUT2D eigenvalue weighted by atomic mass is 10.1. The van der Waals surface area contributed by atoms with E-state index in [9.17, 15) is 14.0 Å². The van der Waals surface area contributed by atoms with Crippen LogP contribution in [0.3, 0.4) is 0 Å². The third-order valence-electron chi connectivity index (χ3n) is 3.48. The molecule has 2 aromatic rings. The van der Waals surface area contributed by atoms with Crippen molar-refractivity contribution in [2.45, 2.75) is 6.42 Å². The van der Waals surface area contributed by atoms with Crippen molar-refractivity contribution in [3.05, 3.63) is 53.8 Å². The van der Waals surface area contributed by atoms with Gasteiger partial charge in [-0.25, -0.2) is 4.39 Å². The Morgan fingerprint density at radius 1 is 1.00 bits per heavy atom. The van der Waals surface area contributed by atoms with E-state index in [0.29, 0.717) is 24.7 Å². The number of halogens is 1. The Kier molecular flexibility index (Phi) is 5.52. The third-order valence-corrected chi connectivity index (χ3v) is 3.48. The molecule has 136 valence electrons. The summed E-state index contributed by atoms with van der Waals surface area (Å²) < 4.78 is 29.0. The zero-order valence-corrected chi connectivity index (χ0v) is 13.8. The van der Waals surface area contributed by atoms with Gasteiger partial charge < -0.3 is 14.2 Å². The molecule has 0 radical (unpaired) electrons. The van der Waals surface area contributed by atoms with Crippen LogP contribution >= 0.6 is 0 Å². The maximum atomic E-state index is 13.0. The Hall–Kier alpha value is -3.29. The van der Waals surface area contributed by atoms with E-state index in [0.717, 1.165) is 11.6 Å². The molecule has 7 nitrogen and oxygen atoms in total. The van der Waals surface area contributed by atoms with Gasteiger partial charge in [0, 0.05) is 6.07 Å². The van der Waals surface area contributed by atoms with Crippen LogP contribution in [0.1, 0.15) is 5.56 Å². The second kappa shape index (κ2) is 8.19. The van der Waals surface area contributed by atoms with Crippen molar-refractivity contribution in [1.29, 1.82) is 0 Å². The van der Waals surface area contributed by atoms with Gasteiger partial charge in [-0.15, -0.1) is 0 Å². The molecule has 2 N–H and O–H groups in total. The van der Waals surface area contributed by atoms with Crippen molar-refractivity contribution in [2.24, 2.45) is 0 Å². The number of rotatable bonds is 5. The molecule has 0 unspecified atom stereocenters. The van der Waals surface area contributed by atoms with Crippen LogP contribution in [0, 0.1) is 5.82 Å². The zero-order valence-electron chi connectivity index (χ0n) is 13.8. The van der Waals surface area contributed by atoms with Gasteiger partial charge >= 0.3 is 0 Å². The van der Waals surface area contributed by atoms with Crippen LogP contribution in [0.5, 0.6) is 17.2 Å². The maximum Gasteiger partial charge on any atom is 0.276 e. The van der Waals surface area contributed by atoms with Gasteiger partial charge in [0.1, 0.15) is 24.8 Å². The first-order valence-electron chi connectivity index (χ1n) is 7.95. The molecular formula is C18H17FN2O5. The molecule has 0 spiro atoms. The third kappa shape index (κ3) is 4.85. The van der Waals surface area contributed by atoms with E-state index >= 15 is 0 Å². The van der Waals surface area contributed by atoms with Gasteiger partial charge in [-0.3, -0.25) is 20.4 Å². The van der Waals surface area contributed by atoms with Crippen molar-refractivity contribution in [1.82, 2.24) is 10.9 Å². The van der Waals surface area contributed by atoms with E-state index in [2.05, 4.69) is 10.9 Å². The highest BCUT2D eigenvalue weighted by atomic mass is 19.1. The van der Waals surface area contributed by atoms with Crippen LogP contribution in [-0.4, -0.2) is 31.6 Å². The smallest absolute Gasteiger partial charge is 0.276 e. The van der Waals surface area contributed by atoms with Crippen molar-refractivity contribution in [3.8, 4) is 17.2 Å². The summed E-state index contributed by atoms with van der Waals surface area (Å²) in [5, 5.41) is 0. The van der Waals surface area contributed by atoms with Crippen LogP contribution in [0.25, 0.3) is 0 Å². The van der Waals surface area contributed by atoms with Crippen LogP contribution in [0.15, 0.2) is 42.5 Å². The van der Waals surface area contributed by atoms with Gasteiger partial charge in [0.2, 0.25) is 5.91 Å². The van der Waals surface area contributed by atoms with Gasteiger partial charge in [0.25, 0.3) is 5.91 Å². The molecular weight excluding hydrogens is 343 g/mol. The molecule has 0 bridgehead atoms. The number of fused-ring (bicyclic) bond motifs is 1. The number of benzene rings is 2. The van der Waals surface area contributed by atoms with Crippen molar-refractivity contribution < 1.29 is 28.2 Å². The number of hydrazine groups is 1. The fourth-order valence-electron chi connectivity index (χ4n) is 2.31. The molecule has 2 aromatic carbocycles. The highest BCUT2D eigenvalue weighted by molar-refractivity contribution is 5.84. The van der Waals surface area contributed by atoms with Crippen LogP contribution in [0.2, 0.25) is 0 Å². The lowest BCUT2D eigenvalue weighted by Gasteiger charge is -2.18. The Morgan fingerprint density at radius 3 is 2.58 bits per heavy atom. The number of carbonyl (C=O) groups is 2. The zero-order chi connectivity index (χ0) is 18.4. The molecule has 0 fully saturated rings. The Labute approximate surface area is 149 Å². The minimum atomic E-state index is -0.565. The molecule has 3 rings (SSSR count). The molecule has 0 saturated heterocycles. The molecule has 0 aliphatic carbocycles. The second-order valence-electron chi connectivity index (χ2n) is 5.50. The van der Waals surface area contributed by atoms with Crippen molar-refractivity contribution >= 4 is 11.8 Å². The minimum Gasteiger partial charge on any atom is -0.486 e. The monoisotopic (exact) mass is 360 g/mol. The molecule has 8 heteroatoms. The topological polar surface area (TPSA) is 85.9 Å². The molecule has 1 aliphatic heterocycles. The lowest BCUT2D eigenvalue weighted by Crippen LogP contribution is -2.44. The summed E-state index contributed by atoms with van der Waals surface area (Å²) in [7, 11) is 0. The normalized spacial score (nSPS) is 12.2. The van der Waals surface area contributed by atoms with Crippen LogP contribution < -0.4 is 25.1 Å². The Morgan fingerprint density at radius 2 is 1.77 bits per heavy atom. The molecule has 0 aromatic heterocycles. The van der Waals surface area contributed by atoms with Gasteiger partial charge in [0.15, 0.2) is 18.1 Å². The van der Waals surface area contributed by atoms with Gasteiger partial charge in [0.05, 0.1) is 6.42 Å². The van der Waals surface area contributed by atoms with E-state index < -0.39 is 17.6 Å². The first-order chi connectivity index (χ1) is 12.6. The van der Waals surface area contributed by atoms with Gasteiger partial charge in [-0.1, -0.05) is 12.1 Å². The number of carbonyl (C=O) groups excluding carboxylic acids is 2. The van der Waals surface area contributed by atoms with E-state index in [4.69, 9.17) is 14.2 Å². The summed E-state index contributed by atoms with van der Waals surface area (Å²) in [4.78, 5) is 23.6. The van der Waals surface area contributed by atoms with Crippen molar-refractivity contribution in [3.63, 3.8) is 0 Å². The average molecular weight is 360 g/mol. The predicted molar refractivity (Wildman–Crippen MR) is 89.3 cm³/mol.